The van der Waals surface area contributed by atoms with Gasteiger partial charge in [-0.25, -0.2) is 4.98 Å². The standard InChI is InChI=1S/C30H34IN4O5P/c1-30(2,3)40-28(36)12-7-17-39-22-9-5-8-20(18-22)21-13-14-25(27(19-21)38-4)34-29(37)26-11-6-10-23(33-26)24(15-16-32)35-41-31/h5-6,8-11,13-16,18-19,41H,7,12,17,32H2,1-4H3,(H,34,37). The molecule has 3 N–H and O–H groups in total. The Kier molecular flexibility index (Phi) is 12.1. The van der Waals surface area contributed by atoms with E-state index in [2.05, 4.69) is 37.1 Å². The second kappa shape index (κ2) is 15.5. The van der Waals surface area contributed by atoms with Gasteiger partial charge in [0, 0.05) is 6.42 Å². The number of carbonyl (C=O) groups excluding carboxylic acids is 2. The van der Waals surface area contributed by atoms with Gasteiger partial charge in [-0.1, -0.05) is 24.3 Å². The Balaban J connectivity index is 1.69. The molecule has 0 saturated heterocycles. The number of halogens is 1. The van der Waals surface area contributed by atoms with Gasteiger partial charge in [-0.05, 0) is 109 Å². The number of rotatable bonds is 12. The van der Waals surface area contributed by atoms with Crippen LogP contribution in [0.15, 0.2) is 77.7 Å². The Bertz CT molecular complexity index is 1420. The number of anilines is 1. The molecule has 1 unspecified atom stereocenters. The van der Waals surface area contributed by atoms with Crippen LogP contribution in [0.2, 0.25) is 0 Å². The Morgan fingerprint density at radius 2 is 1.80 bits per heavy atom. The minimum Gasteiger partial charge on any atom is -0.495 e. The molecule has 0 aliphatic carbocycles. The van der Waals surface area contributed by atoms with Crippen molar-refractivity contribution in [2.45, 2.75) is 39.2 Å². The molecule has 0 fully saturated rings. The van der Waals surface area contributed by atoms with Gasteiger partial charge in [0.2, 0.25) is 0 Å². The Morgan fingerprint density at radius 1 is 1.07 bits per heavy atom. The lowest BCUT2D eigenvalue weighted by molar-refractivity contribution is -0.155. The van der Waals surface area contributed by atoms with Crippen LogP contribution in [0, 0.1) is 0 Å². The van der Waals surface area contributed by atoms with Gasteiger partial charge in [-0.2, -0.15) is 0 Å². The summed E-state index contributed by atoms with van der Waals surface area (Å²) >= 11 is 2.16. The van der Waals surface area contributed by atoms with Crippen LogP contribution >= 0.6 is 28.4 Å². The molecule has 41 heavy (non-hydrogen) atoms. The molecular formula is C30H34IN4O5P. The van der Waals surface area contributed by atoms with Crippen LogP contribution in [0.25, 0.3) is 11.1 Å². The van der Waals surface area contributed by atoms with Crippen LogP contribution < -0.4 is 20.5 Å². The summed E-state index contributed by atoms with van der Waals surface area (Å²) in [5, 5.41) is 2.88. The highest BCUT2D eigenvalue weighted by atomic mass is 127. The van der Waals surface area contributed by atoms with Crippen LogP contribution in [0.4, 0.5) is 5.69 Å². The third kappa shape index (κ3) is 10.1. The summed E-state index contributed by atoms with van der Waals surface area (Å²) in [5.41, 5.74) is 8.74. The smallest absolute Gasteiger partial charge is 0.306 e. The van der Waals surface area contributed by atoms with E-state index in [9.17, 15) is 9.59 Å². The summed E-state index contributed by atoms with van der Waals surface area (Å²) in [5.74, 6) is 0.559. The Labute approximate surface area is 255 Å². The van der Waals surface area contributed by atoms with Gasteiger partial charge in [0.15, 0.2) is 0 Å². The third-order valence-corrected chi connectivity index (χ3v) is 6.54. The van der Waals surface area contributed by atoms with Gasteiger partial charge >= 0.3 is 5.97 Å². The zero-order valence-electron chi connectivity index (χ0n) is 23.4. The Hall–Kier alpha value is -3.50. The van der Waals surface area contributed by atoms with Crippen molar-refractivity contribution in [1.82, 2.24) is 4.98 Å². The van der Waals surface area contributed by atoms with Gasteiger partial charge in [0.05, 0.1) is 37.2 Å². The number of nitrogens with one attached hydrogen (secondary N) is 1. The van der Waals surface area contributed by atoms with E-state index in [4.69, 9.17) is 19.9 Å². The number of pyridine rings is 1. The molecule has 0 saturated carbocycles. The average Bonchev–Trinajstić information content (AvgIpc) is 2.94. The fourth-order valence-corrected chi connectivity index (χ4v) is 4.81. The van der Waals surface area contributed by atoms with E-state index >= 15 is 0 Å². The van der Waals surface area contributed by atoms with Crippen molar-refractivity contribution in [2.75, 3.05) is 19.0 Å². The minimum absolute atomic E-state index is 0.236. The maximum absolute atomic E-state index is 13.1. The highest BCUT2D eigenvalue weighted by Crippen LogP contribution is 2.32. The number of methoxy groups -OCH3 is 1. The fourth-order valence-electron chi connectivity index (χ4n) is 3.75. The zero-order valence-corrected chi connectivity index (χ0v) is 26.6. The first-order valence-corrected chi connectivity index (χ1v) is 16.9. The largest absolute Gasteiger partial charge is 0.495 e. The molecule has 0 bridgehead atoms. The normalized spacial score (nSPS) is 12.1. The number of nitrogens with two attached hydrogens (primary N) is 1. The van der Waals surface area contributed by atoms with Crippen molar-refractivity contribution < 1.29 is 23.8 Å². The lowest BCUT2D eigenvalue weighted by Gasteiger charge is -2.19. The van der Waals surface area contributed by atoms with Gasteiger partial charge in [0.25, 0.3) is 5.91 Å². The van der Waals surface area contributed by atoms with Gasteiger partial charge in [0.1, 0.15) is 22.8 Å². The first-order valence-electron chi connectivity index (χ1n) is 12.9. The van der Waals surface area contributed by atoms with E-state index in [1.165, 1.54) is 6.20 Å². The number of hydrogen-bond acceptors (Lipinski definition) is 8. The summed E-state index contributed by atoms with van der Waals surface area (Å²) < 4.78 is 21.2. The molecule has 216 valence electrons. The van der Waals surface area contributed by atoms with Crippen molar-refractivity contribution >= 4 is 51.7 Å². The molecular weight excluding hydrogens is 654 g/mol. The summed E-state index contributed by atoms with van der Waals surface area (Å²) in [6.45, 7) is 5.93. The predicted molar refractivity (Wildman–Crippen MR) is 173 cm³/mol. The molecule has 3 rings (SSSR count). The number of benzene rings is 2. The molecule has 11 heteroatoms. The minimum atomic E-state index is -0.496. The van der Waals surface area contributed by atoms with Crippen LogP contribution in [0.5, 0.6) is 11.5 Å². The topological polar surface area (TPSA) is 125 Å². The lowest BCUT2D eigenvalue weighted by atomic mass is 10.0. The number of carbonyl (C=O) groups is 2. The zero-order chi connectivity index (χ0) is 29.8. The van der Waals surface area contributed by atoms with E-state index in [0.29, 0.717) is 54.4 Å². The highest BCUT2D eigenvalue weighted by Gasteiger charge is 2.16. The maximum Gasteiger partial charge on any atom is 0.306 e. The molecule has 0 aliphatic heterocycles. The first-order chi connectivity index (χ1) is 19.6. The second-order valence-electron chi connectivity index (χ2n) is 9.78. The summed E-state index contributed by atoms with van der Waals surface area (Å²) in [6, 6.07) is 18.3. The molecule has 2 aromatic carbocycles. The molecule has 1 heterocycles. The van der Waals surface area contributed by atoms with Crippen molar-refractivity contribution in [3.63, 3.8) is 0 Å². The second-order valence-corrected chi connectivity index (χ2v) is 11.6. The van der Waals surface area contributed by atoms with Crippen molar-refractivity contribution in [1.29, 1.82) is 0 Å². The highest BCUT2D eigenvalue weighted by molar-refractivity contribution is 14.2. The third-order valence-electron chi connectivity index (χ3n) is 5.49. The van der Waals surface area contributed by atoms with E-state index in [0.717, 1.165) is 11.1 Å². The van der Waals surface area contributed by atoms with E-state index < -0.39 is 5.60 Å². The van der Waals surface area contributed by atoms with E-state index in [-0.39, 0.29) is 17.6 Å². The number of aromatic nitrogens is 1. The van der Waals surface area contributed by atoms with E-state index in [1.807, 2.05) is 57.2 Å². The summed E-state index contributed by atoms with van der Waals surface area (Å²) in [7, 11) is 1.55. The van der Waals surface area contributed by atoms with Crippen LogP contribution in [-0.2, 0) is 9.53 Å². The molecule has 0 aliphatic rings. The monoisotopic (exact) mass is 688 g/mol. The molecule has 3 aromatic rings. The molecule has 0 spiro atoms. The SMILES string of the molecule is COc1cc(-c2cccc(OCCCC(=O)OC(C)(C)C)c2)ccc1NC(=O)c1cccc(C(C=CN)=NPI)n1. The van der Waals surface area contributed by atoms with Gasteiger partial charge in [-0.3, -0.25) is 14.4 Å². The number of ether oxygens (including phenoxy) is 3. The van der Waals surface area contributed by atoms with Gasteiger partial charge in [-0.15, -0.1) is 0 Å². The Morgan fingerprint density at radius 3 is 2.51 bits per heavy atom. The number of hydrogen-bond donors (Lipinski definition) is 2. The van der Waals surface area contributed by atoms with Crippen molar-refractivity contribution in [3.8, 4) is 22.6 Å². The number of amides is 1. The lowest BCUT2D eigenvalue weighted by Crippen LogP contribution is -2.23. The quantitative estimate of drug-likeness (QED) is 0.0712. The van der Waals surface area contributed by atoms with Crippen molar-refractivity contribution in [3.05, 3.63) is 84.3 Å². The summed E-state index contributed by atoms with van der Waals surface area (Å²) in [4.78, 5) is 29.4. The van der Waals surface area contributed by atoms with E-state index in [1.54, 1.807) is 37.5 Å². The fraction of sp³-hybridized carbons (Fsp3) is 0.267. The number of esters is 1. The predicted octanol–water partition coefficient (Wildman–Crippen LogP) is 6.72. The first kappa shape index (κ1) is 32.0. The van der Waals surface area contributed by atoms with Crippen molar-refractivity contribution in [2.24, 2.45) is 10.5 Å². The van der Waals surface area contributed by atoms with Crippen LogP contribution in [-0.4, -0.2) is 41.9 Å². The molecule has 9 nitrogen and oxygen atoms in total. The number of nitrogens with zero attached hydrogens (tertiary/aromatic N) is 2. The number of allylic oxidation sites excluding steroid dienone is 1. The molecule has 1 amide bonds. The molecule has 1 aromatic heterocycles. The maximum atomic E-state index is 13.1. The van der Waals surface area contributed by atoms with Crippen LogP contribution in [0.1, 0.15) is 49.8 Å². The van der Waals surface area contributed by atoms with Crippen LogP contribution in [0.3, 0.4) is 0 Å². The molecule has 1 atom stereocenters. The molecule has 0 radical (unpaired) electrons. The summed E-state index contributed by atoms with van der Waals surface area (Å²) in [6.07, 6.45) is 4.18. The van der Waals surface area contributed by atoms with Gasteiger partial charge < -0.3 is 25.3 Å². The average molecular weight is 689 g/mol.